The number of hydrogen-bond acceptors (Lipinski definition) is 5. The van der Waals surface area contributed by atoms with E-state index >= 15 is 0 Å². The van der Waals surface area contributed by atoms with E-state index in [-0.39, 0.29) is 5.41 Å². The quantitative estimate of drug-likeness (QED) is 0.779. The molecule has 19 heavy (non-hydrogen) atoms. The molecule has 0 unspecified atom stereocenters. The van der Waals surface area contributed by atoms with Gasteiger partial charge in [-0.25, -0.2) is 0 Å². The highest BCUT2D eigenvalue weighted by Gasteiger charge is 2.38. The highest BCUT2D eigenvalue weighted by Crippen LogP contribution is 2.37. The van der Waals surface area contributed by atoms with E-state index in [1.165, 1.54) is 12.8 Å². The zero-order chi connectivity index (χ0) is 13.6. The standard InChI is InChI=1S/C14H25N3OS/c1-3-5-14(6-8-15-9-7-14)13-16-12(17-18-13)11-19-10-4-2/h15H,3-11H2,1-2H3. The van der Waals surface area contributed by atoms with E-state index in [0.717, 1.165) is 55.6 Å². The van der Waals surface area contributed by atoms with E-state index in [9.17, 15) is 0 Å². The third kappa shape index (κ3) is 3.72. The number of aromatic nitrogens is 2. The summed E-state index contributed by atoms with van der Waals surface area (Å²) in [7, 11) is 0. The molecule has 0 radical (unpaired) electrons. The Hall–Kier alpha value is -0.550. The normalized spacial score (nSPS) is 18.6. The molecule has 1 fully saturated rings. The molecule has 1 saturated heterocycles. The van der Waals surface area contributed by atoms with Gasteiger partial charge in [0.25, 0.3) is 0 Å². The second kappa shape index (κ2) is 7.29. The van der Waals surface area contributed by atoms with Gasteiger partial charge < -0.3 is 9.84 Å². The summed E-state index contributed by atoms with van der Waals surface area (Å²) in [6, 6.07) is 0. The predicted octanol–water partition coefficient (Wildman–Crippen LogP) is 3.13. The Balaban J connectivity index is 2.04. The summed E-state index contributed by atoms with van der Waals surface area (Å²) in [6.07, 6.45) is 5.75. The van der Waals surface area contributed by atoms with Crippen molar-refractivity contribution in [3.8, 4) is 0 Å². The van der Waals surface area contributed by atoms with Crippen molar-refractivity contribution in [2.24, 2.45) is 0 Å². The molecule has 4 nitrogen and oxygen atoms in total. The first-order valence-electron chi connectivity index (χ1n) is 7.42. The first-order valence-corrected chi connectivity index (χ1v) is 8.58. The highest BCUT2D eigenvalue weighted by atomic mass is 32.2. The number of piperidine rings is 1. The lowest BCUT2D eigenvalue weighted by molar-refractivity contribution is 0.208. The molecule has 1 aliphatic rings. The van der Waals surface area contributed by atoms with Crippen LogP contribution in [-0.2, 0) is 11.2 Å². The first kappa shape index (κ1) is 14.9. The van der Waals surface area contributed by atoms with Crippen LogP contribution in [0.4, 0.5) is 0 Å². The maximum Gasteiger partial charge on any atom is 0.232 e. The molecule has 0 aliphatic carbocycles. The Morgan fingerprint density at radius 1 is 1.26 bits per heavy atom. The van der Waals surface area contributed by atoms with E-state index < -0.39 is 0 Å². The average molecular weight is 283 g/mol. The molecule has 2 heterocycles. The molecule has 1 N–H and O–H groups in total. The molecular weight excluding hydrogens is 258 g/mol. The first-order chi connectivity index (χ1) is 9.30. The molecule has 1 aromatic rings. The van der Waals surface area contributed by atoms with Crippen LogP contribution >= 0.6 is 11.8 Å². The van der Waals surface area contributed by atoms with Crippen LogP contribution in [0, 0.1) is 0 Å². The van der Waals surface area contributed by atoms with Crippen molar-refractivity contribution < 1.29 is 4.52 Å². The van der Waals surface area contributed by atoms with Gasteiger partial charge in [-0.15, -0.1) is 0 Å². The van der Waals surface area contributed by atoms with Crippen LogP contribution in [0.15, 0.2) is 4.52 Å². The van der Waals surface area contributed by atoms with Crippen molar-refractivity contribution in [1.82, 2.24) is 15.5 Å². The van der Waals surface area contributed by atoms with E-state index in [4.69, 9.17) is 4.52 Å². The van der Waals surface area contributed by atoms with Crippen LogP contribution in [0.1, 0.15) is 57.7 Å². The molecule has 1 aliphatic heterocycles. The average Bonchev–Trinajstić information content (AvgIpc) is 2.90. The van der Waals surface area contributed by atoms with Crippen LogP contribution in [-0.4, -0.2) is 29.0 Å². The minimum atomic E-state index is 0.126. The van der Waals surface area contributed by atoms with Crippen LogP contribution in [0.3, 0.4) is 0 Å². The molecule has 0 bridgehead atoms. The smallest absolute Gasteiger partial charge is 0.232 e. The fraction of sp³-hybridized carbons (Fsp3) is 0.857. The SMILES string of the molecule is CCCSCc1noc(C2(CCC)CCNCC2)n1. The number of hydrogen-bond donors (Lipinski definition) is 1. The lowest BCUT2D eigenvalue weighted by Gasteiger charge is -2.34. The van der Waals surface area contributed by atoms with Crippen LogP contribution in [0.25, 0.3) is 0 Å². The van der Waals surface area contributed by atoms with Gasteiger partial charge in [0.2, 0.25) is 5.89 Å². The van der Waals surface area contributed by atoms with E-state index in [1.807, 2.05) is 11.8 Å². The Bertz CT molecular complexity index is 369. The Kier molecular flexibility index (Phi) is 5.70. The van der Waals surface area contributed by atoms with E-state index in [1.54, 1.807) is 0 Å². The maximum atomic E-state index is 5.59. The summed E-state index contributed by atoms with van der Waals surface area (Å²) in [6.45, 7) is 6.54. The second-order valence-corrected chi connectivity index (χ2v) is 6.45. The van der Waals surface area contributed by atoms with Gasteiger partial charge in [-0.1, -0.05) is 25.4 Å². The number of nitrogens with one attached hydrogen (secondary N) is 1. The van der Waals surface area contributed by atoms with Gasteiger partial charge in [-0.3, -0.25) is 0 Å². The maximum absolute atomic E-state index is 5.59. The summed E-state index contributed by atoms with van der Waals surface area (Å²) in [5.74, 6) is 3.77. The van der Waals surface area contributed by atoms with Gasteiger partial charge in [0.1, 0.15) is 0 Å². The van der Waals surface area contributed by atoms with E-state index in [2.05, 4.69) is 29.3 Å². The number of nitrogens with zero attached hydrogens (tertiary/aromatic N) is 2. The van der Waals surface area contributed by atoms with Gasteiger partial charge in [0.05, 0.1) is 11.2 Å². The third-order valence-corrected chi connectivity index (χ3v) is 4.95. The lowest BCUT2D eigenvalue weighted by Crippen LogP contribution is -2.40. The van der Waals surface area contributed by atoms with Crippen LogP contribution in [0.2, 0.25) is 0 Å². The topological polar surface area (TPSA) is 51.0 Å². The van der Waals surface area contributed by atoms with Gasteiger partial charge in [-0.05, 0) is 44.5 Å². The molecule has 5 heteroatoms. The monoisotopic (exact) mass is 283 g/mol. The minimum absolute atomic E-state index is 0.126. The molecule has 0 amide bonds. The number of thioether (sulfide) groups is 1. The van der Waals surface area contributed by atoms with Crippen molar-refractivity contribution in [2.45, 2.75) is 57.1 Å². The molecule has 1 aromatic heterocycles. The van der Waals surface area contributed by atoms with Crippen LogP contribution < -0.4 is 5.32 Å². The van der Waals surface area contributed by atoms with Gasteiger partial charge in [-0.2, -0.15) is 16.7 Å². The minimum Gasteiger partial charge on any atom is -0.339 e. The predicted molar refractivity (Wildman–Crippen MR) is 79.4 cm³/mol. The Labute approximate surface area is 120 Å². The summed E-state index contributed by atoms with van der Waals surface area (Å²) in [5, 5.41) is 7.59. The zero-order valence-electron chi connectivity index (χ0n) is 12.1. The number of rotatable bonds is 7. The molecular formula is C14H25N3OS. The van der Waals surface area contributed by atoms with Crippen molar-refractivity contribution in [3.05, 3.63) is 11.7 Å². The van der Waals surface area contributed by atoms with E-state index in [0.29, 0.717) is 0 Å². The highest BCUT2D eigenvalue weighted by molar-refractivity contribution is 7.98. The Morgan fingerprint density at radius 3 is 2.74 bits per heavy atom. The van der Waals surface area contributed by atoms with Crippen molar-refractivity contribution in [1.29, 1.82) is 0 Å². The summed E-state index contributed by atoms with van der Waals surface area (Å²) in [5.41, 5.74) is 0.126. The zero-order valence-corrected chi connectivity index (χ0v) is 12.9. The molecule has 0 spiro atoms. The molecule has 0 aromatic carbocycles. The van der Waals surface area contributed by atoms with Crippen molar-refractivity contribution in [3.63, 3.8) is 0 Å². The molecule has 0 saturated carbocycles. The molecule has 2 rings (SSSR count). The van der Waals surface area contributed by atoms with Crippen molar-refractivity contribution in [2.75, 3.05) is 18.8 Å². The lowest BCUT2D eigenvalue weighted by atomic mass is 9.75. The molecule has 108 valence electrons. The van der Waals surface area contributed by atoms with Crippen molar-refractivity contribution >= 4 is 11.8 Å². The summed E-state index contributed by atoms with van der Waals surface area (Å²) in [4.78, 5) is 4.67. The van der Waals surface area contributed by atoms with Gasteiger partial charge in [0.15, 0.2) is 5.82 Å². The fourth-order valence-electron chi connectivity index (χ4n) is 2.79. The van der Waals surface area contributed by atoms with Gasteiger partial charge in [0, 0.05) is 0 Å². The summed E-state index contributed by atoms with van der Waals surface area (Å²) < 4.78 is 5.59. The third-order valence-electron chi connectivity index (χ3n) is 3.79. The second-order valence-electron chi connectivity index (χ2n) is 5.35. The summed E-state index contributed by atoms with van der Waals surface area (Å²) >= 11 is 1.88. The molecule has 0 atom stereocenters. The van der Waals surface area contributed by atoms with Crippen LogP contribution in [0.5, 0.6) is 0 Å². The van der Waals surface area contributed by atoms with Gasteiger partial charge >= 0.3 is 0 Å². The fourth-order valence-corrected chi connectivity index (χ4v) is 3.52. The largest absolute Gasteiger partial charge is 0.339 e. The Morgan fingerprint density at radius 2 is 2.05 bits per heavy atom.